The van der Waals surface area contributed by atoms with Crippen molar-refractivity contribution in [3.05, 3.63) is 47.0 Å². The molecule has 1 aromatic carbocycles. The fraction of sp³-hybridized carbons (Fsp3) is 0.471. The number of hydrogen-bond acceptors (Lipinski definition) is 5. The zero-order valence-corrected chi connectivity index (χ0v) is 16.7. The highest BCUT2D eigenvalue weighted by Gasteiger charge is 2.33. The predicted octanol–water partition coefficient (Wildman–Crippen LogP) is 2.51. The van der Waals surface area contributed by atoms with E-state index in [0.717, 1.165) is 18.2 Å². The average Bonchev–Trinajstić information content (AvgIpc) is 3.17. The van der Waals surface area contributed by atoms with Crippen LogP contribution in [0.15, 0.2) is 30.6 Å². The van der Waals surface area contributed by atoms with Gasteiger partial charge in [-0.05, 0) is 24.1 Å². The molecular formula is C17H22ClFN4O3S. The number of methoxy groups -OCH3 is 1. The summed E-state index contributed by atoms with van der Waals surface area (Å²) < 4.78 is 46.0. The highest BCUT2D eigenvalue weighted by Crippen LogP contribution is 2.30. The van der Waals surface area contributed by atoms with Crippen LogP contribution >= 0.6 is 11.6 Å². The van der Waals surface area contributed by atoms with Gasteiger partial charge in [-0.2, -0.15) is 5.10 Å². The van der Waals surface area contributed by atoms with Crippen molar-refractivity contribution in [1.29, 1.82) is 0 Å². The molecule has 27 heavy (non-hydrogen) atoms. The summed E-state index contributed by atoms with van der Waals surface area (Å²) in [7, 11) is -1.70. The first kappa shape index (κ1) is 20.1. The summed E-state index contributed by atoms with van der Waals surface area (Å²) in [5.74, 6) is -0.434. The predicted molar refractivity (Wildman–Crippen MR) is 102 cm³/mol. The molecule has 1 aliphatic heterocycles. The van der Waals surface area contributed by atoms with Crippen molar-refractivity contribution < 1.29 is 17.5 Å². The lowest BCUT2D eigenvalue weighted by atomic mass is 10.1. The van der Waals surface area contributed by atoms with Gasteiger partial charge in [0, 0.05) is 32.4 Å². The summed E-state index contributed by atoms with van der Waals surface area (Å²) >= 11 is 5.76. The molecule has 2 heterocycles. The summed E-state index contributed by atoms with van der Waals surface area (Å²) in [6, 6.07) is 5.03. The number of sulfonamides is 1. The van der Waals surface area contributed by atoms with Gasteiger partial charge in [0.05, 0.1) is 35.8 Å². The van der Waals surface area contributed by atoms with Crippen LogP contribution in [0, 0.1) is 5.82 Å². The molecule has 1 aromatic heterocycles. The first-order valence-corrected chi connectivity index (χ1v) is 10.7. The molecule has 148 valence electrons. The van der Waals surface area contributed by atoms with Gasteiger partial charge in [0.2, 0.25) is 10.0 Å². The van der Waals surface area contributed by atoms with Crippen LogP contribution in [0.5, 0.6) is 0 Å². The Morgan fingerprint density at radius 3 is 2.89 bits per heavy atom. The Labute approximate surface area is 163 Å². The molecule has 2 aromatic rings. The second-order valence-electron chi connectivity index (χ2n) is 6.76. The van der Waals surface area contributed by atoms with Gasteiger partial charge >= 0.3 is 0 Å². The topological polar surface area (TPSA) is 76.5 Å². The van der Waals surface area contributed by atoms with Crippen LogP contribution < -0.4 is 4.72 Å². The molecule has 1 aliphatic rings. The molecule has 3 rings (SSSR count). The standard InChI is InChI=1S/C17H22ClFN4O3S/c1-26-11-15-6-14(23-9-13(7-20-23)21-27(2,24)25)10-22(15)8-12-3-4-16(18)17(19)5-12/h3-5,7,9,14-15,21H,6,8,10-11H2,1-2H3/t14-,15-/m0/s1. The average molecular weight is 417 g/mol. The maximum absolute atomic E-state index is 13.7. The van der Waals surface area contributed by atoms with E-state index in [0.29, 0.717) is 25.4 Å². The Hall–Kier alpha value is -1.68. The lowest BCUT2D eigenvalue weighted by Crippen LogP contribution is -2.32. The molecule has 0 spiro atoms. The Morgan fingerprint density at radius 2 is 2.22 bits per heavy atom. The van der Waals surface area contributed by atoms with Crippen molar-refractivity contribution in [1.82, 2.24) is 14.7 Å². The second kappa shape index (κ2) is 8.14. The molecule has 10 heteroatoms. The van der Waals surface area contributed by atoms with Crippen LogP contribution in [0.1, 0.15) is 18.0 Å². The van der Waals surface area contributed by atoms with E-state index in [1.54, 1.807) is 24.1 Å². The van der Waals surface area contributed by atoms with Crippen molar-refractivity contribution in [3.63, 3.8) is 0 Å². The SMILES string of the molecule is COC[C@@H]1C[C@H](n2cc(NS(C)(=O)=O)cn2)CN1Cc1ccc(Cl)c(F)c1. The Kier molecular flexibility index (Phi) is 6.05. The zero-order chi connectivity index (χ0) is 19.6. The van der Waals surface area contributed by atoms with E-state index >= 15 is 0 Å². The van der Waals surface area contributed by atoms with Crippen LogP contribution in [0.3, 0.4) is 0 Å². The highest BCUT2D eigenvalue weighted by molar-refractivity contribution is 7.92. The van der Waals surface area contributed by atoms with E-state index in [9.17, 15) is 12.8 Å². The van der Waals surface area contributed by atoms with Crippen LogP contribution in [0.4, 0.5) is 10.1 Å². The first-order valence-electron chi connectivity index (χ1n) is 8.44. The van der Waals surface area contributed by atoms with Gasteiger partial charge in [0.15, 0.2) is 0 Å². The molecule has 1 saturated heterocycles. The van der Waals surface area contributed by atoms with Crippen molar-refractivity contribution in [2.24, 2.45) is 0 Å². The minimum atomic E-state index is -3.35. The molecule has 1 fully saturated rings. The molecule has 0 aliphatic carbocycles. The Bertz CT molecular complexity index is 905. The van der Waals surface area contributed by atoms with E-state index in [4.69, 9.17) is 16.3 Å². The van der Waals surface area contributed by atoms with Crippen molar-refractivity contribution >= 4 is 27.3 Å². The summed E-state index contributed by atoms with van der Waals surface area (Å²) in [5, 5.41) is 4.39. The molecule has 0 saturated carbocycles. The maximum atomic E-state index is 13.7. The molecule has 1 N–H and O–H groups in total. The number of ether oxygens (including phenoxy) is 1. The quantitative estimate of drug-likeness (QED) is 0.750. The Morgan fingerprint density at radius 1 is 1.44 bits per heavy atom. The molecule has 0 bridgehead atoms. The normalized spacial score (nSPS) is 20.9. The first-order chi connectivity index (χ1) is 12.7. The smallest absolute Gasteiger partial charge is 0.229 e. The van der Waals surface area contributed by atoms with Crippen LogP contribution in [-0.4, -0.2) is 55.7 Å². The molecule has 7 nitrogen and oxygen atoms in total. The van der Waals surface area contributed by atoms with E-state index in [-0.39, 0.29) is 17.1 Å². The van der Waals surface area contributed by atoms with Gasteiger partial charge in [-0.25, -0.2) is 12.8 Å². The number of nitrogens with one attached hydrogen (secondary N) is 1. The molecule has 0 amide bonds. The number of likely N-dealkylation sites (tertiary alicyclic amines) is 1. The minimum Gasteiger partial charge on any atom is -0.383 e. The number of benzene rings is 1. The summed E-state index contributed by atoms with van der Waals surface area (Å²) in [4.78, 5) is 2.21. The highest BCUT2D eigenvalue weighted by atomic mass is 35.5. The summed E-state index contributed by atoms with van der Waals surface area (Å²) in [5.41, 5.74) is 1.26. The number of halogens is 2. The van der Waals surface area contributed by atoms with E-state index < -0.39 is 15.8 Å². The maximum Gasteiger partial charge on any atom is 0.229 e. The largest absolute Gasteiger partial charge is 0.383 e. The Balaban J connectivity index is 1.73. The number of aromatic nitrogens is 2. The molecule has 0 unspecified atom stereocenters. The minimum absolute atomic E-state index is 0.0670. The third kappa shape index (κ3) is 5.19. The van der Waals surface area contributed by atoms with Gasteiger partial charge in [0.25, 0.3) is 0 Å². The fourth-order valence-corrected chi connectivity index (χ4v) is 4.04. The third-order valence-electron chi connectivity index (χ3n) is 4.51. The lowest BCUT2D eigenvalue weighted by molar-refractivity contribution is 0.112. The van der Waals surface area contributed by atoms with E-state index in [2.05, 4.69) is 14.7 Å². The molecular weight excluding hydrogens is 395 g/mol. The molecule has 0 radical (unpaired) electrons. The van der Waals surface area contributed by atoms with E-state index in [1.807, 2.05) is 6.07 Å². The number of anilines is 1. The zero-order valence-electron chi connectivity index (χ0n) is 15.1. The second-order valence-corrected chi connectivity index (χ2v) is 8.92. The lowest BCUT2D eigenvalue weighted by Gasteiger charge is -2.23. The van der Waals surface area contributed by atoms with Crippen molar-refractivity contribution in [3.8, 4) is 0 Å². The third-order valence-corrected chi connectivity index (χ3v) is 5.43. The van der Waals surface area contributed by atoms with Crippen molar-refractivity contribution in [2.75, 3.05) is 31.2 Å². The summed E-state index contributed by atoms with van der Waals surface area (Å²) in [6.07, 6.45) is 5.07. The van der Waals surface area contributed by atoms with Crippen LogP contribution in [0.2, 0.25) is 5.02 Å². The monoisotopic (exact) mass is 416 g/mol. The van der Waals surface area contributed by atoms with E-state index in [1.165, 1.54) is 12.3 Å². The van der Waals surface area contributed by atoms with Crippen molar-refractivity contribution in [2.45, 2.75) is 25.0 Å². The number of rotatable bonds is 7. The fourth-order valence-electron chi connectivity index (χ4n) is 3.39. The van der Waals surface area contributed by atoms with Crippen LogP contribution in [0.25, 0.3) is 0 Å². The van der Waals surface area contributed by atoms with Gasteiger partial charge in [0.1, 0.15) is 5.82 Å². The van der Waals surface area contributed by atoms with Gasteiger partial charge in [-0.3, -0.25) is 14.3 Å². The molecule has 2 atom stereocenters. The van der Waals surface area contributed by atoms with Gasteiger partial charge in [-0.15, -0.1) is 0 Å². The van der Waals surface area contributed by atoms with Gasteiger partial charge < -0.3 is 4.74 Å². The van der Waals surface area contributed by atoms with Gasteiger partial charge in [-0.1, -0.05) is 17.7 Å². The van der Waals surface area contributed by atoms with Crippen LogP contribution in [-0.2, 0) is 21.3 Å². The summed E-state index contributed by atoms with van der Waals surface area (Å²) in [6.45, 7) is 1.80. The number of nitrogens with zero attached hydrogens (tertiary/aromatic N) is 3. The number of hydrogen-bond donors (Lipinski definition) is 1.